The summed E-state index contributed by atoms with van der Waals surface area (Å²) in [6.07, 6.45) is 1.89. The van der Waals surface area contributed by atoms with Crippen LogP contribution < -0.4 is 5.32 Å². The number of aryl methyl sites for hydroxylation is 1. The zero-order valence-corrected chi connectivity index (χ0v) is 11.2. The molecule has 1 aromatic heterocycles. The number of rotatable bonds is 7. The summed E-state index contributed by atoms with van der Waals surface area (Å²) < 4.78 is 0. The van der Waals surface area contributed by atoms with E-state index in [1.54, 1.807) is 11.3 Å². The Labute approximate surface area is 102 Å². The van der Waals surface area contributed by atoms with E-state index in [4.69, 9.17) is 5.11 Å². The number of aromatic nitrogens is 1. The van der Waals surface area contributed by atoms with Crippen LogP contribution in [0.25, 0.3) is 0 Å². The molecule has 0 aliphatic carbocycles. The van der Waals surface area contributed by atoms with Gasteiger partial charge in [-0.25, -0.2) is 4.98 Å². The second-order valence-electron chi connectivity index (χ2n) is 4.93. The first-order valence-corrected chi connectivity index (χ1v) is 6.64. The minimum atomic E-state index is 0.178. The molecule has 0 aliphatic rings. The second-order valence-corrected chi connectivity index (χ2v) is 5.86. The van der Waals surface area contributed by atoms with Crippen LogP contribution in [0.1, 0.15) is 30.8 Å². The Hall–Kier alpha value is -0.450. The zero-order valence-electron chi connectivity index (χ0n) is 10.4. The minimum Gasteiger partial charge on any atom is -0.396 e. The molecule has 0 aromatic carbocycles. The van der Waals surface area contributed by atoms with Crippen LogP contribution >= 0.6 is 11.3 Å². The lowest BCUT2D eigenvalue weighted by Gasteiger charge is -2.23. The van der Waals surface area contributed by atoms with E-state index in [-0.39, 0.29) is 12.0 Å². The smallest absolute Gasteiger partial charge is 0.0797 e. The zero-order chi connectivity index (χ0) is 12.0. The van der Waals surface area contributed by atoms with Crippen LogP contribution in [0, 0.1) is 12.3 Å². The molecule has 92 valence electrons. The van der Waals surface area contributed by atoms with Crippen LogP contribution in [0.3, 0.4) is 0 Å². The predicted molar refractivity (Wildman–Crippen MR) is 68.9 cm³/mol. The molecular formula is C12H22N2OS. The monoisotopic (exact) mass is 242 g/mol. The highest BCUT2D eigenvalue weighted by Crippen LogP contribution is 2.18. The third-order valence-corrected chi connectivity index (χ3v) is 3.76. The van der Waals surface area contributed by atoms with E-state index in [0.717, 1.165) is 31.6 Å². The molecule has 0 atom stereocenters. The third-order valence-electron chi connectivity index (χ3n) is 2.77. The van der Waals surface area contributed by atoms with E-state index in [1.807, 2.05) is 5.51 Å². The van der Waals surface area contributed by atoms with Gasteiger partial charge in [-0.2, -0.15) is 0 Å². The van der Waals surface area contributed by atoms with Gasteiger partial charge >= 0.3 is 0 Å². The van der Waals surface area contributed by atoms with E-state index in [0.29, 0.717) is 0 Å². The summed E-state index contributed by atoms with van der Waals surface area (Å²) in [5, 5.41) is 12.4. The standard InChI is InChI=1S/C12H22N2OS/c1-10-11(16-9-14-10)4-6-13-8-12(2,3)5-7-15/h9,13,15H,4-8H2,1-3H3. The van der Waals surface area contributed by atoms with Crippen molar-refractivity contribution in [1.82, 2.24) is 10.3 Å². The van der Waals surface area contributed by atoms with Crippen molar-refractivity contribution in [2.45, 2.75) is 33.6 Å². The Morgan fingerprint density at radius 3 is 2.81 bits per heavy atom. The average molecular weight is 242 g/mol. The van der Waals surface area contributed by atoms with Crippen molar-refractivity contribution >= 4 is 11.3 Å². The molecule has 3 nitrogen and oxygen atoms in total. The van der Waals surface area contributed by atoms with Crippen molar-refractivity contribution in [2.24, 2.45) is 5.41 Å². The summed E-state index contributed by atoms with van der Waals surface area (Å²) in [6, 6.07) is 0. The minimum absolute atomic E-state index is 0.178. The van der Waals surface area contributed by atoms with Crippen molar-refractivity contribution < 1.29 is 5.11 Å². The number of nitrogens with one attached hydrogen (secondary N) is 1. The first kappa shape index (κ1) is 13.6. The third kappa shape index (κ3) is 4.60. The highest BCUT2D eigenvalue weighted by Gasteiger charge is 2.16. The van der Waals surface area contributed by atoms with E-state index in [1.165, 1.54) is 4.88 Å². The maximum Gasteiger partial charge on any atom is 0.0797 e. The van der Waals surface area contributed by atoms with Crippen LogP contribution in [-0.2, 0) is 6.42 Å². The Balaban J connectivity index is 2.19. The van der Waals surface area contributed by atoms with Crippen LogP contribution in [0.15, 0.2) is 5.51 Å². The van der Waals surface area contributed by atoms with E-state index >= 15 is 0 Å². The van der Waals surface area contributed by atoms with Gasteiger partial charge < -0.3 is 10.4 Å². The lowest BCUT2D eigenvalue weighted by molar-refractivity contribution is 0.207. The van der Waals surface area contributed by atoms with Crippen LogP contribution in [-0.4, -0.2) is 29.8 Å². The van der Waals surface area contributed by atoms with Crippen molar-refractivity contribution in [3.8, 4) is 0 Å². The normalized spacial score (nSPS) is 12.0. The van der Waals surface area contributed by atoms with Gasteiger partial charge in [0.1, 0.15) is 0 Å². The summed E-state index contributed by atoms with van der Waals surface area (Å²) in [4.78, 5) is 5.60. The fourth-order valence-electron chi connectivity index (χ4n) is 1.59. The molecule has 4 heteroatoms. The predicted octanol–water partition coefficient (Wildman–Crippen LogP) is 1.99. The van der Waals surface area contributed by atoms with Gasteiger partial charge in [0, 0.05) is 24.6 Å². The molecule has 1 rings (SSSR count). The van der Waals surface area contributed by atoms with Gasteiger partial charge in [-0.15, -0.1) is 11.3 Å². The average Bonchev–Trinajstić information content (AvgIpc) is 2.59. The quantitative estimate of drug-likeness (QED) is 0.719. The van der Waals surface area contributed by atoms with Crippen molar-refractivity contribution in [2.75, 3.05) is 19.7 Å². The highest BCUT2D eigenvalue weighted by atomic mass is 32.1. The molecule has 0 fully saturated rings. The van der Waals surface area contributed by atoms with Crippen molar-refractivity contribution in [3.63, 3.8) is 0 Å². The van der Waals surface area contributed by atoms with Gasteiger partial charge in [-0.05, 0) is 25.2 Å². The Morgan fingerprint density at radius 2 is 2.25 bits per heavy atom. The molecule has 2 N–H and O–H groups in total. The van der Waals surface area contributed by atoms with Gasteiger partial charge in [0.05, 0.1) is 11.2 Å². The van der Waals surface area contributed by atoms with Crippen LogP contribution in [0.4, 0.5) is 0 Å². The maximum atomic E-state index is 8.91. The van der Waals surface area contributed by atoms with Crippen molar-refractivity contribution in [3.05, 3.63) is 16.1 Å². The van der Waals surface area contributed by atoms with Gasteiger partial charge in [0.2, 0.25) is 0 Å². The Bertz CT molecular complexity index is 310. The topological polar surface area (TPSA) is 45.2 Å². The summed E-state index contributed by atoms with van der Waals surface area (Å²) in [6.45, 7) is 8.61. The fourth-order valence-corrected chi connectivity index (χ4v) is 2.37. The summed E-state index contributed by atoms with van der Waals surface area (Å²) >= 11 is 1.73. The molecule has 0 saturated carbocycles. The van der Waals surface area contributed by atoms with Gasteiger partial charge in [0.25, 0.3) is 0 Å². The number of aliphatic hydroxyl groups is 1. The molecule has 16 heavy (non-hydrogen) atoms. The first-order chi connectivity index (χ1) is 7.55. The largest absolute Gasteiger partial charge is 0.396 e. The molecule has 1 aromatic rings. The van der Waals surface area contributed by atoms with E-state index < -0.39 is 0 Å². The summed E-state index contributed by atoms with van der Waals surface area (Å²) in [5.74, 6) is 0. The number of thiazole rings is 1. The second kappa shape index (κ2) is 6.33. The summed E-state index contributed by atoms with van der Waals surface area (Å²) in [5.41, 5.74) is 3.24. The molecule has 0 radical (unpaired) electrons. The number of aliphatic hydroxyl groups excluding tert-OH is 1. The number of hydrogen-bond donors (Lipinski definition) is 2. The lowest BCUT2D eigenvalue weighted by atomic mass is 9.90. The number of hydrogen-bond acceptors (Lipinski definition) is 4. The SMILES string of the molecule is Cc1ncsc1CCNCC(C)(C)CCO. The Kier molecular flexibility index (Phi) is 5.38. The molecular weight excluding hydrogens is 220 g/mol. The summed E-state index contributed by atoms with van der Waals surface area (Å²) in [7, 11) is 0. The molecule has 0 saturated heterocycles. The lowest BCUT2D eigenvalue weighted by Crippen LogP contribution is -2.31. The van der Waals surface area contributed by atoms with Gasteiger partial charge in [-0.3, -0.25) is 0 Å². The van der Waals surface area contributed by atoms with Crippen molar-refractivity contribution in [1.29, 1.82) is 0 Å². The number of nitrogens with zero attached hydrogens (tertiary/aromatic N) is 1. The van der Waals surface area contributed by atoms with Gasteiger partial charge in [-0.1, -0.05) is 13.8 Å². The van der Waals surface area contributed by atoms with Gasteiger partial charge in [0.15, 0.2) is 0 Å². The maximum absolute atomic E-state index is 8.91. The highest BCUT2D eigenvalue weighted by molar-refractivity contribution is 7.09. The molecule has 0 amide bonds. The molecule has 1 heterocycles. The molecule has 0 spiro atoms. The molecule has 0 unspecified atom stereocenters. The van der Waals surface area contributed by atoms with Crippen LogP contribution in [0.5, 0.6) is 0 Å². The first-order valence-electron chi connectivity index (χ1n) is 5.76. The fraction of sp³-hybridized carbons (Fsp3) is 0.750. The molecule has 0 bridgehead atoms. The molecule has 0 aliphatic heterocycles. The van der Waals surface area contributed by atoms with Crippen LogP contribution in [0.2, 0.25) is 0 Å². The van der Waals surface area contributed by atoms with E-state index in [9.17, 15) is 0 Å². The Morgan fingerprint density at radius 1 is 1.50 bits per heavy atom. The van der Waals surface area contributed by atoms with E-state index in [2.05, 4.69) is 31.1 Å².